The number of ether oxygens (including phenoxy) is 2. The zero-order valence-electron chi connectivity index (χ0n) is 18.1. The van der Waals surface area contributed by atoms with Gasteiger partial charge >= 0.3 is 0 Å². The molecule has 0 fully saturated rings. The summed E-state index contributed by atoms with van der Waals surface area (Å²) in [5.41, 5.74) is 1.41. The van der Waals surface area contributed by atoms with Crippen molar-refractivity contribution in [2.75, 3.05) is 0 Å². The van der Waals surface area contributed by atoms with Gasteiger partial charge in [-0.15, -0.1) is 0 Å². The number of phenolic OH excluding ortho intramolecular Hbond substituents is 1. The van der Waals surface area contributed by atoms with Crippen LogP contribution in [0.2, 0.25) is 0 Å². The molecule has 1 aromatic heterocycles. The molecule has 0 spiro atoms. The minimum Gasteiger partial charge on any atom is -0.507 e. The number of benzene rings is 2. The first-order valence-corrected chi connectivity index (χ1v) is 9.96. The van der Waals surface area contributed by atoms with Crippen LogP contribution in [0, 0.1) is 12.3 Å². The summed E-state index contributed by atoms with van der Waals surface area (Å²) in [6, 6.07) is 13.9. The summed E-state index contributed by atoms with van der Waals surface area (Å²) in [5.74, 6) is 1.94. The van der Waals surface area contributed by atoms with E-state index in [1.165, 1.54) is 0 Å². The van der Waals surface area contributed by atoms with Gasteiger partial charge in [-0.1, -0.05) is 32.9 Å². The fourth-order valence-electron chi connectivity index (χ4n) is 3.18. The lowest BCUT2D eigenvalue weighted by Crippen LogP contribution is -2.13. The van der Waals surface area contributed by atoms with Gasteiger partial charge in [0.25, 0.3) is 6.47 Å². The molecule has 0 atom stereocenters. The average molecular weight is 422 g/mol. The van der Waals surface area contributed by atoms with Crippen molar-refractivity contribution in [1.82, 2.24) is 0 Å². The molecule has 0 aliphatic carbocycles. The molecule has 6 nitrogen and oxygen atoms in total. The van der Waals surface area contributed by atoms with Crippen LogP contribution in [-0.2, 0) is 11.4 Å². The second kappa shape index (κ2) is 9.08. The van der Waals surface area contributed by atoms with Crippen LogP contribution in [0.25, 0.3) is 11.3 Å². The van der Waals surface area contributed by atoms with Gasteiger partial charge in [-0.25, -0.2) is 0 Å². The Balaban J connectivity index is 1.71. The highest BCUT2D eigenvalue weighted by molar-refractivity contribution is 5.99. The Morgan fingerprint density at radius 2 is 1.90 bits per heavy atom. The minimum absolute atomic E-state index is 0.0566. The normalized spacial score (nSPS) is 11.2. The van der Waals surface area contributed by atoms with Gasteiger partial charge in [0, 0.05) is 17.5 Å². The first kappa shape index (κ1) is 22.2. The zero-order valence-corrected chi connectivity index (χ0v) is 18.1. The summed E-state index contributed by atoms with van der Waals surface area (Å²) in [4.78, 5) is 23.0. The fourth-order valence-corrected chi connectivity index (χ4v) is 3.18. The fraction of sp³-hybridized carbons (Fsp3) is 0.280. The molecule has 3 aromatic rings. The summed E-state index contributed by atoms with van der Waals surface area (Å²) in [6.45, 7) is 8.19. The van der Waals surface area contributed by atoms with Gasteiger partial charge in [-0.2, -0.15) is 0 Å². The third-order valence-electron chi connectivity index (χ3n) is 4.71. The number of aromatic hydroxyl groups is 1. The van der Waals surface area contributed by atoms with Crippen molar-refractivity contribution >= 4 is 12.3 Å². The molecule has 3 rings (SSSR count). The maximum Gasteiger partial charge on any atom is 0.298 e. The van der Waals surface area contributed by atoms with Crippen molar-refractivity contribution in [3.63, 3.8) is 0 Å². The molecule has 2 aromatic carbocycles. The summed E-state index contributed by atoms with van der Waals surface area (Å²) >= 11 is 0. The van der Waals surface area contributed by atoms with E-state index in [2.05, 4.69) is 0 Å². The smallest absolute Gasteiger partial charge is 0.298 e. The van der Waals surface area contributed by atoms with Crippen LogP contribution in [-0.4, -0.2) is 17.4 Å². The molecule has 0 saturated heterocycles. The largest absolute Gasteiger partial charge is 0.507 e. The Bertz CT molecular complexity index is 1090. The highest BCUT2D eigenvalue weighted by Crippen LogP contribution is 2.34. The topological polar surface area (TPSA) is 86.0 Å². The van der Waals surface area contributed by atoms with Crippen LogP contribution >= 0.6 is 0 Å². The Morgan fingerprint density at radius 3 is 2.61 bits per heavy atom. The van der Waals surface area contributed by atoms with Crippen LogP contribution in [0.1, 0.15) is 48.9 Å². The van der Waals surface area contributed by atoms with E-state index < -0.39 is 0 Å². The molecule has 1 N–H and O–H groups in total. The van der Waals surface area contributed by atoms with E-state index in [9.17, 15) is 14.7 Å². The molecule has 0 unspecified atom stereocenters. The van der Waals surface area contributed by atoms with Crippen LogP contribution < -0.4 is 9.47 Å². The van der Waals surface area contributed by atoms with Crippen molar-refractivity contribution in [1.29, 1.82) is 0 Å². The number of furan rings is 1. The van der Waals surface area contributed by atoms with Gasteiger partial charge in [0.15, 0.2) is 5.78 Å². The van der Waals surface area contributed by atoms with Crippen molar-refractivity contribution in [3.05, 3.63) is 65.4 Å². The molecule has 0 aliphatic heterocycles. The van der Waals surface area contributed by atoms with Crippen molar-refractivity contribution in [3.8, 4) is 28.6 Å². The van der Waals surface area contributed by atoms with Crippen LogP contribution in [0.5, 0.6) is 17.2 Å². The van der Waals surface area contributed by atoms with Gasteiger partial charge in [-0.3, -0.25) is 9.59 Å². The molecule has 0 amide bonds. The second-order valence-electron chi connectivity index (χ2n) is 8.54. The summed E-state index contributed by atoms with van der Waals surface area (Å²) in [5, 5.41) is 10.5. The quantitative estimate of drug-likeness (QED) is 0.370. The van der Waals surface area contributed by atoms with E-state index in [0.29, 0.717) is 47.0 Å². The standard InChI is InChI=1S/C25H26O6/c1-16-22(11-9-20(24(16)28)21(27)13-25(2,3)4)29-14-19-8-10-23(31-19)17-6-5-7-18(12-17)30-15-26/h5-12,15,28H,13-14H2,1-4H3. The van der Waals surface area contributed by atoms with Crippen molar-refractivity contribution in [2.45, 2.75) is 40.7 Å². The number of hydrogen-bond acceptors (Lipinski definition) is 6. The average Bonchev–Trinajstić information content (AvgIpc) is 3.17. The molecule has 6 heteroatoms. The molecule has 162 valence electrons. The van der Waals surface area contributed by atoms with Gasteiger partial charge in [0.05, 0.1) is 5.56 Å². The van der Waals surface area contributed by atoms with Gasteiger partial charge in [0.2, 0.25) is 0 Å². The second-order valence-corrected chi connectivity index (χ2v) is 8.54. The first-order valence-electron chi connectivity index (χ1n) is 9.96. The number of carbonyl (C=O) groups is 2. The molecular formula is C25H26O6. The number of phenols is 1. The first-order chi connectivity index (χ1) is 14.7. The SMILES string of the molecule is Cc1c(OCc2ccc(-c3cccc(OC=O)c3)o2)ccc(C(=O)CC(C)(C)C)c1O. The predicted octanol–water partition coefficient (Wildman–Crippen LogP) is 5.69. The van der Waals surface area contributed by atoms with Crippen LogP contribution in [0.15, 0.2) is 52.9 Å². The van der Waals surface area contributed by atoms with E-state index in [-0.39, 0.29) is 23.6 Å². The Labute approximate surface area is 181 Å². The molecule has 0 aliphatic rings. The van der Waals surface area contributed by atoms with Crippen molar-refractivity contribution < 1.29 is 28.6 Å². The lowest BCUT2D eigenvalue weighted by Gasteiger charge is -2.18. The van der Waals surface area contributed by atoms with Crippen LogP contribution in [0.3, 0.4) is 0 Å². The third kappa shape index (κ3) is 5.54. The lowest BCUT2D eigenvalue weighted by molar-refractivity contribution is -0.120. The zero-order chi connectivity index (χ0) is 22.6. The Hall–Kier alpha value is -3.54. The number of hydrogen-bond donors (Lipinski definition) is 1. The summed E-state index contributed by atoms with van der Waals surface area (Å²) in [6.07, 6.45) is 0.342. The highest BCUT2D eigenvalue weighted by atomic mass is 16.5. The summed E-state index contributed by atoms with van der Waals surface area (Å²) in [7, 11) is 0. The van der Waals surface area contributed by atoms with Gasteiger partial charge in [-0.05, 0) is 48.7 Å². The van der Waals surface area contributed by atoms with Gasteiger partial charge in [0.1, 0.15) is 35.4 Å². The van der Waals surface area contributed by atoms with E-state index >= 15 is 0 Å². The summed E-state index contributed by atoms with van der Waals surface area (Å²) < 4.78 is 16.5. The van der Waals surface area contributed by atoms with Crippen LogP contribution in [0.4, 0.5) is 0 Å². The highest BCUT2D eigenvalue weighted by Gasteiger charge is 2.21. The minimum atomic E-state index is -0.164. The Morgan fingerprint density at radius 1 is 1.13 bits per heavy atom. The van der Waals surface area contributed by atoms with E-state index in [0.717, 1.165) is 5.56 Å². The number of rotatable bonds is 8. The number of ketones is 1. The van der Waals surface area contributed by atoms with E-state index in [4.69, 9.17) is 13.9 Å². The molecule has 0 radical (unpaired) electrons. The molecule has 31 heavy (non-hydrogen) atoms. The van der Waals surface area contributed by atoms with Gasteiger partial charge < -0.3 is 19.0 Å². The number of carbonyl (C=O) groups excluding carboxylic acids is 2. The molecule has 0 saturated carbocycles. The van der Waals surface area contributed by atoms with E-state index in [1.807, 2.05) is 26.8 Å². The predicted molar refractivity (Wildman–Crippen MR) is 116 cm³/mol. The molecule has 0 bridgehead atoms. The third-order valence-corrected chi connectivity index (χ3v) is 4.71. The molecular weight excluding hydrogens is 396 g/mol. The Kier molecular flexibility index (Phi) is 6.49. The maximum absolute atomic E-state index is 12.5. The monoisotopic (exact) mass is 422 g/mol. The molecule has 1 heterocycles. The maximum atomic E-state index is 12.5. The van der Waals surface area contributed by atoms with Crippen molar-refractivity contribution in [2.24, 2.45) is 5.41 Å². The van der Waals surface area contributed by atoms with E-state index in [1.54, 1.807) is 49.4 Å². The number of Topliss-reactive ketones (excluding diaryl/α,β-unsaturated/α-hetero) is 1. The lowest BCUT2D eigenvalue weighted by atomic mass is 9.87.